The molecule has 0 spiro atoms. The number of nitrogens with zero attached hydrogens (tertiary/aromatic N) is 3. The highest BCUT2D eigenvalue weighted by atomic mass is 16.5. The number of fused-ring (bicyclic) bond motifs is 1. The predicted octanol–water partition coefficient (Wildman–Crippen LogP) is 2.96. The van der Waals surface area contributed by atoms with Gasteiger partial charge in [-0.3, -0.25) is 10.00 Å². The number of aromatic amines is 1. The van der Waals surface area contributed by atoms with Crippen LogP contribution in [0.15, 0.2) is 28.9 Å². The summed E-state index contributed by atoms with van der Waals surface area (Å²) in [6.45, 7) is 7.45. The predicted molar refractivity (Wildman–Crippen MR) is 90.5 cm³/mol. The molecule has 0 saturated carbocycles. The van der Waals surface area contributed by atoms with Crippen LogP contribution in [0.5, 0.6) is 0 Å². The van der Waals surface area contributed by atoms with Crippen LogP contribution in [0.25, 0.3) is 10.9 Å². The average Bonchev–Trinajstić information content (AvgIpc) is 3.27. The molecule has 0 radical (unpaired) electrons. The van der Waals surface area contributed by atoms with E-state index < -0.39 is 0 Å². The number of benzene rings is 1. The fourth-order valence-electron chi connectivity index (χ4n) is 3.33. The smallest absolute Gasteiger partial charge is 0.139 e. The average molecular weight is 326 g/mol. The van der Waals surface area contributed by atoms with Crippen LogP contribution < -0.4 is 0 Å². The first-order valence-electron chi connectivity index (χ1n) is 8.37. The molecule has 1 aromatic carbocycles. The van der Waals surface area contributed by atoms with Crippen LogP contribution in [0.3, 0.4) is 0 Å². The Morgan fingerprint density at radius 3 is 3.12 bits per heavy atom. The molecule has 2 aromatic heterocycles. The van der Waals surface area contributed by atoms with E-state index in [9.17, 15) is 0 Å². The lowest BCUT2D eigenvalue weighted by Gasteiger charge is -2.16. The first-order valence-corrected chi connectivity index (χ1v) is 8.37. The van der Waals surface area contributed by atoms with Crippen molar-refractivity contribution < 1.29 is 9.26 Å². The molecule has 1 aliphatic heterocycles. The van der Waals surface area contributed by atoms with Crippen molar-refractivity contribution >= 4 is 10.9 Å². The zero-order valence-electron chi connectivity index (χ0n) is 14.1. The molecular weight excluding hydrogens is 304 g/mol. The summed E-state index contributed by atoms with van der Waals surface area (Å²) in [5.41, 5.74) is 4.41. The van der Waals surface area contributed by atoms with Crippen LogP contribution in [0.2, 0.25) is 0 Å². The van der Waals surface area contributed by atoms with Crippen LogP contribution in [-0.4, -0.2) is 39.4 Å². The summed E-state index contributed by atoms with van der Waals surface area (Å²) in [5, 5.41) is 12.2. The molecule has 6 heteroatoms. The summed E-state index contributed by atoms with van der Waals surface area (Å²) >= 11 is 0. The maximum Gasteiger partial charge on any atom is 0.139 e. The molecule has 0 bridgehead atoms. The third-order valence-electron chi connectivity index (χ3n) is 4.79. The minimum atomic E-state index is 0.273. The number of aromatic nitrogens is 3. The van der Waals surface area contributed by atoms with Crippen molar-refractivity contribution in [2.75, 3.05) is 13.1 Å². The summed E-state index contributed by atoms with van der Waals surface area (Å²) < 4.78 is 11.3. The summed E-state index contributed by atoms with van der Waals surface area (Å²) in [6, 6.07) is 6.48. The van der Waals surface area contributed by atoms with Gasteiger partial charge in [0, 0.05) is 30.6 Å². The number of rotatable bonds is 5. The number of ether oxygens (including phenoxy) is 1. The maximum atomic E-state index is 6.08. The van der Waals surface area contributed by atoms with Gasteiger partial charge in [0.2, 0.25) is 0 Å². The van der Waals surface area contributed by atoms with E-state index in [4.69, 9.17) is 9.26 Å². The van der Waals surface area contributed by atoms with Crippen LogP contribution in [0, 0.1) is 13.8 Å². The van der Waals surface area contributed by atoms with Crippen LogP contribution in [0.4, 0.5) is 0 Å². The van der Waals surface area contributed by atoms with Crippen LogP contribution in [0.1, 0.15) is 29.0 Å². The highest BCUT2D eigenvalue weighted by molar-refractivity contribution is 5.78. The van der Waals surface area contributed by atoms with Gasteiger partial charge in [-0.2, -0.15) is 5.10 Å². The van der Waals surface area contributed by atoms with Gasteiger partial charge in [-0.05, 0) is 31.9 Å². The molecule has 1 saturated heterocycles. The summed E-state index contributed by atoms with van der Waals surface area (Å²) in [5.74, 6) is 0.857. The van der Waals surface area contributed by atoms with Crippen LogP contribution >= 0.6 is 0 Å². The van der Waals surface area contributed by atoms with Crippen molar-refractivity contribution in [1.82, 2.24) is 20.3 Å². The fourth-order valence-corrected chi connectivity index (χ4v) is 3.33. The zero-order valence-corrected chi connectivity index (χ0v) is 14.1. The second-order valence-corrected chi connectivity index (χ2v) is 6.55. The Balaban J connectivity index is 1.33. The molecule has 1 N–H and O–H groups in total. The highest BCUT2D eigenvalue weighted by Gasteiger charge is 2.24. The van der Waals surface area contributed by atoms with E-state index in [0.29, 0.717) is 6.61 Å². The lowest BCUT2D eigenvalue weighted by atomic mass is 10.1. The Kier molecular flexibility index (Phi) is 4.08. The van der Waals surface area contributed by atoms with Gasteiger partial charge >= 0.3 is 0 Å². The normalized spacial score (nSPS) is 18.7. The Labute approximate surface area is 140 Å². The van der Waals surface area contributed by atoms with Crippen LogP contribution in [-0.2, 0) is 17.9 Å². The van der Waals surface area contributed by atoms with E-state index >= 15 is 0 Å². The van der Waals surface area contributed by atoms with Crippen molar-refractivity contribution in [3.05, 3.63) is 47.0 Å². The van der Waals surface area contributed by atoms with Crippen molar-refractivity contribution in [3.8, 4) is 0 Å². The fraction of sp³-hybridized carbons (Fsp3) is 0.444. The van der Waals surface area contributed by atoms with Gasteiger partial charge in [-0.15, -0.1) is 0 Å². The molecule has 1 fully saturated rings. The minimum absolute atomic E-state index is 0.273. The summed E-state index contributed by atoms with van der Waals surface area (Å²) in [7, 11) is 0. The Bertz CT molecular complexity index is 819. The molecular formula is C18H22N4O2. The third-order valence-corrected chi connectivity index (χ3v) is 4.79. The first-order chi connectivity index (χ1) is 11.7. The quantitative estimate of drug-likeness (QED) is 0.781. The molecule has 4 rings (SSSR count). The third kappa shape index (κ3) is 3.07. The molecule has 0 amide bonds. The molecule has 1 aliphatic rings. The van der Waals surface area contributed by atoms with E-state index in [-0.39, 0.29) is 6.10 Å². The number of H-pyrrole nitrogens is 1. The molecule has 1 unspecified atom stereocenters. The van der Waals surface area contributed by atoms with Gasteiger partial charge in [0.1, 0.15) is 5.76 Å². The molecule has 3 heterocycles. The number of aryl methyl sites for hydroxylation is 2. The summed E-state index contributed by atoms with van der Waals surface area (Å²) in [6.07, 6.45) is 3.19. The molecule has 3 aromatic rings. The Morgan fingerprint density at radius 1 is 1.38 bits per heavy atom. The van der Waals surface area contributed by atoms with E-state index in [0.717, 1.165) is 54.0 Å². The molecule has 24 heavy (non-hydrogen) atoms. The lowest BCUT2D eigenvalue weighted by molar-refractivity contribution is 0.0453. The maximum absolute atomic E-state index is 6.08. The number of hydrogen-bond donors (Lipinski definition) is 1. The second kappa shape index (κ2) is 6.37. The number of hydrogen-bond acceptors (Lipinski definition) is 5. The van der Waals surface area contributed by atoms with Crippen molar-refractivity contribution in [3.63, 3.8) is 0 Å². The monoisotopic (exact) mass is 326 g/mol. The standard InChI is InChI=1S/C18H22N4O2/c1-12-17(13(2)24-21-12)11-23-16-5-6-22(10-16)9-14-3-4-15-8-19-20-18(15)7-14/h3-4,7-8,16H,5-6,9-11H2,1-2H3,(H,19,20). The van der Waals surface area contributed by atoms with Crippen molar-refractivity contribution in [2.45, 2.75) is 39.5 Å². The van der Waals surface area contributed by atoms with Gasteiger partial charge in [0.25, 0.3) is 0 Å². The first kappa shape index (κ1) is 15.4. The van der Waals surface area contributed by atoms with Gasteiger partial charge in [0.05, 0.1) is 30.1 Å². The van der Waals surface area contributed by atoms with E-state index in [2.05, 4.69) is 38.5 Å². The molecule has 6 nitrogen and oxygen atoms in total. The highest BCUT2D eigenvalue weighted by Crippen LogP contribution is 2.21. The Hall–Kier alpha value is -2.18. The van der Waals surface area contributed by atoms with Gasteiger partial charge < -0.3 is 9.26 Å². The van der Waals surface area contributed by atoms with Gasteiger partial charge in [0.15, 0.2) is 0 Å². The SMILES string of the molecule is Cc1noc(C)c1COC1CCN(Cc2ccc3cn[nH]c3c2)C1. The van der Waals surface area contributed by atoms with E-state index in [1.807, 2.05) is 20.0 Å². The van der Waals surface area contributed by atoms with Gasteiger partial charge in [-0.25, -0.2) is 0 Å². The van der Waals surface area contributed by atoms with E-state index in [1.165, 1.54) is 5.56 Å². The largest absolute Gasteiger partial charge is 0.372 e. The molecule has 1 atom stereocenters. The number of likely N-dealkylation sites (tertiary alicyclic amines) is 1. The van der Waals surface area contributed by atoms with Crippen molar-refractivity contribution in [2.24, 2.45) is 0 Å². The second-order valence-electron chi connectivity index (χ2n) is 6.55. The number of nitrogens with one attached hydrogen (secondary N) is 1. The zero-order chi connectivity index (χ0) is 16.5. The van der Waals surface area contributed by atoms with Gasteiger partial charge in [-0.1, -0.05) is 17.3 Å². The minimum Gasteiger partial charge on any atom is -0.372 e. The summed E-state index contributed by atoms with van der Waals surface area (Å²) in [4.78, 5) is 2.44. The lowest BCUT2D eigenvalue weighted by Crippen LogP contribution is -2.23. The molecule has 0 aliphatic carbocycles. The van der Waals surface area contributed by atoms with E-state index in [1.54, 1.807) is 0 Å². The molecule has 126 valence electrons. The topological polar surface area (TPSA) is 67.2 Å². The van der Waals surface area contributed by atoms with Crippen molar-refractivity contribution in [1.29, 1.82) is 0 Å². The Morgan fingerprint density at radius 2 is 2.29 bits per heavy atom.